The van der Waals surface area contributed by atoms with Crippen LogP contribution in [0, 0.1) is 6.92 Å². The van der Waals surface area contributed by atoms with Crippen molar-refractivity contribution in [2.24, 2.45) is 0 Å². The molecule has 6 heteroatoms. The molecule has 1 unspecified atom stereocenters. The van der Waals surface area contributed by atoms with Gasteiger partial charge in [0.15, 0.2) is 0 Å². The van der Waals surface area contributed by atoms with Crippen LogP contribution in [-0.2, 0) is 16.4 Å². The molecular formula is C21H28N2O3S. The monoisotopic (exact) mass is 388 g/mol. The Balaban J connectivity index is 1.69. The van der Waals surface area contributed by atoms with Gasteiger partial charge in [0.1, 0.15) is 10.6 Å². The lowest BCUT2D eigenvalue weighted by atomic mass is 10.1. The fourth-order valence-corrected chi connectivity index (χ4v) is 5.31. The molecule has 5 nitrogen and oxygen atoms in total. The summed E-state index contributed by atoms with van der Waals surface area (Å²) in [5, 5.41) is 0. The fourth-order valence-electron chi connectivity index (χ4n) is 3.55. The number of ether oxygens (including phenoxy) is 1. The van der Waals surface area contributed by atoms with Crippen LogP contribution in [0.1, 0.15) is 18.1 Å². The lowest BCUT2D eigenvalue weighted by Crippen LogP contribution is -2.53. The molecule has 1 aliphatic rings. The Labute approximate surface area is 162 Å². The molecule has 0 spiro atoms. The molecule has 1 heterocycles. The summed E-state index contributed by atoms with van der Waals surface area (Å²) < 4.78 is 33.2. The van der Waals surface area contributed by atoms with E-state index in [0.717, 1.165) is 25.1 Å². The Kier molecular flexibility index (Phi) is 6.19. The van der Waals surface area contributed by atoms with E-state index in [1.54, 1.807) is 16.4 Å². The third-order valence-electron chi connectivity index (χ3n) is 5.20. The molecule has 1 fully saturated rings. The minimum Gasteiger partial charge on any atom is -0.495 e. The van der Waals surface area contributed by atoms with Crippen molar-refractivity contribution in [2.45, 2.75) is 31.2 Å². The first kappa shape index (κ1) is 19.9. The van der Waals surface area contributed by atoms with Gasteiger partial charge in [-0.2, -0.15) is 4.31 Å². The summed E-state index contributed by atoms with van der Waals surface area (Å²) in [6.45, 7) is 6.66. The standard InChI is InChI=1S/C21H28N2O3S/c1-17-9-10-20(26-3)21(15-17)27(24,25)23-14-13-22(18(2)16-23)12-11-19-7-5-4-6-8-19/h4-10,15,18H,11-14,16H2,1-3H3. The topological polar surface area (TPSA) is 49.9 Å². The van der Waals surface area contributed by atoms with E-state index in [4.69, 9.17) is 4.74 Å². The molecule has 1 aliphatic heterocycles. The van der Waals surface area contributed by atoms with Crippen LogP contribution in [0.15, 0.2) is 53.4 Å². The zero-order valence-corrected chi connectivity index (χ0v) is 17.1. The van der Waals surface area contributed by atoms with Gasteiger partial charge in [0.2, 0.25) is 10.0 Å². The second-order valence-electron chi connectivity index (χ2n) is 7.14. The van der Waals surface area contributed by atoms with Gasteiger partial charge in [0.25, 0.3) is 0 Å². The number of benzene rings is 2. The maximum atomic E-state index is 13.2. The first-order chi connectivity index (χ1) is 12.9. The highest BCUT2D eigenvalue weighted by Gasteiger charge is 2.33. The summed E-state index contributed by atoms with van der Waals surface area (Å²) in [7, 11) is -2.06. The Morgan fingerprint density at radius 3 is 2.52 bits per heavy atom. The van der Waals surface area contributed by atoms with E-state index in [9.17, 15) is 8.42 Å². The molecule has 27 heavy (non-hydrogen) atoms. The molecule has 2 aromatic carbocycles. The highest BCUT2D eigenvalue weighted by molar-refractivity contribution is 7.89. The van der Waals surface area contributed by atoms with E-state index in [1.807, 2.05) is 19.1 Å². The van der Waals surface area contributed by atoms with Gasteiger partial charge in [0, 0.05) is 32.2 Å². The van der Waals surface area contributed by atoms with E-state index < -0.39 is 10.0 Å². The van der Waals surface area contributed by atoms with Crippen molar-refractivity contribution in [3.05, 3.63) is 59.7 Å². The van der Waals surface area contributed by atoms with Gasteiger partial charge in [-0.25, -0.2) is 8.42 Å². The first-order valence-corrected chi connectivity index (χ1v) is 10.8. The lowest BCUT2D eigenvalue weighted by Gasteiger charge is -2.39. The van der Waals surface area contributed by atoms with E-state index in [-0.39, 0.29) is 10.9 Å². The van der Waals surface area contributed by atoms with Crippen LogP contribution in [0.5, 0.6) is 5.75 Å². The Morgan fingerprint density at radius 1 is 1.11 bits per heavy atom. The summed E-state index contributed by atoms with van der Waals surface area (Å²) in [6, 6.07) is 15.9. The number of methoxy groups -OCH3 is 1. The zero-order valence-electron chi connectivity index (χ0n) is 16.3. The number of piperazine rings is 1. The summed E-state index contributed by atoms with van der Waals surface area (Å²) in [5.41, 5.74) is 2.22. The molecule has 0 aromatic heterocycles. The van der Waals surface area contributed by atoms with Crippen LogP contribution < -0.4 is 4.74 Å². The second kappa shape index (κ2) is 8.42. The van der Waals surface area contributed by atoms with E-state index in [0.29, 0.717) is 18.8 Å². The van der Waals surface area contributed by atoms with E-state index >= 15 is 0 Å². The first-order valence-electron chi connectivity index (χ1n) is 9.34. The number of sulfonamides is 1. The maximum Gasteiger partial charge on any atom is 0.246 e. The molecule has 0 amide bonds. The average molecular weight is 389 g/mol. The molecular weight excluding hydrogens is 360 g/mol. The summed E-state index contributed by atoms with van der Waals surface area (Å²) >= 11 is 0. The quantitative estimate of drug-likeness (QED) is 0.763. The lowest BCUT2D eigenvalue weighted by molar-refractivity contribution is 0.130. The molecule has 0 N–H and O–H groups in total. The van der Waals surface area contributed by atoms with Gasteiger partial charge >= 0.3 is 0 Å². The SMILES string of the molecule is COc1ccc(C)cc1S(=O)(=O)N1CCN(CCc2ccccc2)C(C)C1. The van der Waals surface area contributed by atoms with Crippen molar-refractivity contribution < 1.29 is 13.2 Å². The number of aryl methyl sites for hydroxylation is 1. The predicted octanol–water partition coefficient (Wildman–Crippen LogP) is 2.94. The van der Waals surface area contributed by atoms with Gasteiger partial charge in [-0.05, 0) is 43.5 Å². The number of hydrogen-bond donors (Lipinski definition) is 0. The van der Waals surface area contributed by atoms with Crippen molar-refractivity contribution in [1.82, 2.24) is 9.21 Å². The normalized spacial score (nSPS) is 19.1. The molecule has 0 saturated carbocycles. The van der Waals surface area contributed by atoms with E-state index in [2.05, 4.69) is 36.1 Å². The van der Waals surface area contributed by atoms with Crippen LogP contribution in [0.3, 0.4) is 0 Å². The van der Waals surface area contributed by atoms with Gasteiger partial charge in [-0.3, -0.25) is 4.90 Å². The van der Waals surface area contributed by atoms with Crippen LogP contribution in [0.25, 0.3) is 0 Å². The smallest absolute Gasteiger partial charge is 0.246 e. The largest absolute Gasteiger partial charge is 0.495 e. The fraction of sp³-hybridized carbons (Fsp3) is 0.429. The second-order valence-corrected chi connectivity index (χ2v) is 9.04. The van der Waals surface area contributed by atoms with Crippen molar-refractivity contribution in [2.75, 3.05) is 33.3 Å². The van der Waals surface area contributed by atoms with Crippen LogP contribution >= 0.6 is 0 Å². The molecule has 146 valence electrons. The summed E-state index contributed by atoms with van der Waals surface area (Å²) in [6.07, 6.45) is 0.976. The summed E-state index contributed by atoms with van der Waals surface area (Å²) in [5.74, 6) is 0.403. The van der Waals surface area contributed by atoms with Crippen molar-refractivity contribution >= 4 is 10.0 Å². The Hall–Kier alpha value is -1.89. The average Bonchev–Trinajstić information content (AvgIpc) is 2.67. The van der Waals surface area contributed by atoms with Gasteiger partial charge in [-0.1, -0.05) is 36.4 Å². The van der Waals surface area contributed by atoms with Crippen LogP contribution in [0.4, 0.5) is 0 Å². The number of hydrogen-bond acceptors (Lipinski definition) is 4. The molecule has 0 radical (unpaired) electrons. The molecule has 1 atom stereocenters. The third kappa shape index (κ3) is 4.51. The van der Waals surface area contributed by atoms with Crippen molar-refractivity contribution in [1.29, 1.82) is 0 Å². The molecule has 0 bridgehead atoms. The van der Waals surface area contributed by atoms with Crippen LogP contribution in [0.2, 0.25) is 0 Å². The highest BCUT2D eigenvalue weighted by Crippen LogP contribution is 2.29. The number of rotatable bonds is 6. The summed E-state index contributed by atoms with van der Waals surface area (Å²) in [4.78, 5) is 2.63. The van der Waals surface area contributed by atoms with Gasteiger partial charge in [0.05, 0.1) is 7.11 Å². The molecule has 2 aromatic rings. The predicted molar refractivity (Wildman–Crippen MR) is 108 cm³/mol. The Bertz CT molecular complexity index is 868. The number of nitrogens with zero attached hydrogens (tertiary/aromatic N) is 2. The maximum absolute atomic E-state index is 13.2. The van der Waals surface area contributed by atoms with Crippen molar-refractivity contribution in [3.63, 3.8) is 0 Å². The molecule has 0 aliphatic carbocycles. The van der Waals surface area contributed by atoms with E-state index in [1.165, 1.54) is 12.7 Å². The molecule has 1 saturated heterocycles. The van der Waals surface area contributed by atoms with Crippen LogP contribution in [-0.4, -0.2) is 57.0 Å². The van der Waals surface area contributed by atoms with Crippen molar-refractivity contribution in [3.8, 4) is 5.75 Å². The minimum atomic E-state index is -3.57. The molecule has 3 rings (SSSR count). The van der Waals surface area contributed by atoms with Gasteiger partial charge < -0.3 is 4.74 Å². The minimum absolute atomic E-state index is 0.174. The highest BCUT2D eigenvalue weighted by atomic mass is 32.2. The third-order valence-corrected chi connectivity index (χ3v) is 7.08. The van der Waals surface area contributed by atoms with Gasteiger partial charge in [-0.15, -0.1) is 0 Å². The Morgan fingerprint density at radius 2 is 1.85 bits per heavy atom. The zero-order chi connectivity index (χ0) is 19.4.